The summed E-state index contributed by atoms with van der Waals surface area (Å²) in [5.41, 5.74) is 2.59. The van der Waals surface area contributed by atoms with E-state index in [2.05, 4.69) is 15.6 Å². The fraction of sp³-hybridized carbons (Fsp3) is 0.280. The number of carbonyl (C=O) groups is 1. The molecule has 174 valence electrons. The van der Waals surface area contributed by atoms with Gasteiger partial charge >= 0.3 is 6.18 Å². The molecule has 4 nitrogen and oxygen atoms in total. The lowest BCUT2D eigenvalue weighted by atomic mass is 9.98. The van der Waals surface area contributed by atoms with Gasteiger partial charge in [0.2, 0.25) is 5.91 Å². The van der Waals surface area contributed by atoms with Gasteiger partial charge < -0.3 is 5.32 Å². The quantitative estimate of drug-likeness (QED) is 0.404. The van der Waals surface area contributed by atoms with E-state index >= 15 is 0 Å². The highest BCUT2D eigenvalue weighted by molar-refractivity contribution is 6.29. The fourth-order valence-corrected chi connectivity index (χ4v) is 3.70. The van der Waals surface area contributed by atoms with E-state index in [4.69, 9.17) is 11.6 Å². The molecule has 2 N–H and O–H groups in total. The largest absolute Gasteiger partial charge is 0.416 e. The first-order valence-corrected chi connectivity index (χ1v) is 10.9. The van der Waals surface area contributed by atoms with Gasteiger partial charge in [-0.3, -0.25) is 10.1 Å². The highest BCUT2D eigenvalue weighted by atomic mass is 35.5. The Bertz CT molecular complexity index is 1070. The maximum Gasteiger partial charge on any atom is 0.416 e. The molecule has 1 unspecified atom stereocenters. The second kappa shape index (κ2) is 10.8. The summed E-state index contributed by atoms with van der Waals surface area (Å²) >= 11 is 6.10. The SMILES string of the molecule is CNC(=O)[C@H](NC(CCc1ccc(C(F)(F)F)cc1)c1cccc(Cl)n1)c1ccc(C)cc1. The van der Waals surface area contributed by atoms with Crippen molar-refractivity contribution in [1.82, 2.24) is 15.6 Å². The number of nitrogens with one attached hydrogen (secondary N) is 2. The number of halogens is 4. The number of benzene rings is 2. The highest BCUT2D eigenvalue weighted by Crippen LogP contribution is 2.30. The molecule has 2 aromatic carbocycles. The number of aromatic nitrogens is 1. The molecule has 0 saturated carbocycles. The molecule has 0 fully saturated rings. The van der Waals surface area contributed by atoms with E-state index in [1.54, 1.807) is 19.2 Å². The van der Waals surface area contributed by atoms with Crippen LogP contribution >= 0.6 is 11.6 Å². The number of likely N-dealkylation sites (N-methyl/N-ethyl adjacent to an activating group) is 1. The number of amides is 1. The normalized spacial score (nSPS) is 13.4. The summed E-state index contributed by atoms with van der Waals surface area (Å²) < 4.78 is 38.6. The molecule has 1 aromatic heterocycles. The van der Waals surface area contributed by atoms with Crippen molar-refractivity contribution in [2.24, 2.45) is 0 Å². The summed E-state index contributed by atoms with van der Waals surface area (Å²) in [6, 6.07) is 17.0. The lowest BCUT2D eigenvalue weighted by molar-refractivity contribution is -0.137. The predicted octanol–water partition coefficient (Wildman–Crippen LogP) is 5.81. The number of alkyl halides is 3. The van der Waals surface area contributed by atoms with Crippen LogP contribution in [0.2, 0.25) is 5.15 Å². The monoisotopic (exact) mass is 475 g/mol. The topological polar surface area (TPSA) is 54.0 Å². The van der Waals surface area contributed by atoms with Crippen LogP contribution in [0.5, 0.6) is 0 Å². The Hall–Kier alpha value is -2.90. The third kappa shape index (κ3) is 6.79. The molecule has 1 amide bonds. The molecule has 0 radical (unpaired) electrons. The van der Waals surface area contributed by atoms with Crippen molar-refractivity contribution in [2.45, 2.75) is 38.0 Å². The van der Waals surface area contributed by atoms with E-state index in [-0.39, 0.29) is 11.9 Å². The van der Waals surface area contributed by atoms with Gasteiger partial charge in [-0.05, 0) is 55.2 Å². The van der Waals surface area contributed by atoms with Crippen LogP contribution in [0.25, 0.3) is 0 Å². The van der Waals surface area contributed by atoms with Gasteiger partial charge in [0.1, 0.15) is 11.2 Å². The average Bonchev–Trinajstić information content (AvgIpc) is 2.79. The Morgan fingerprint density at radius 1 is 1.03 bits per heavy atom. The van der Waals surface area contributed by atoms with Crippen LogP contribution in [-0.4, -0.2) is 17.9 Å². The van der Waals surface area contributed by atoms with Gasteiger partial charge in [-0.1, -0.05) is 59.6 Å². The number of hydrogen-bond donors (Lipinski definition) is 2. The van der Waals surface area contributed by atoms with E-state index in [0.29, 0.717) is 23.7 Å². The summed E-state index contributed by atoms with van der Waals surface area (Å²) in [7, 11) is 1.57. The molecule has 1 heterocycles. The standard InChI is InChI=1S/C25H25ClF3N3O/c1-16-6-11-18(12-7-16)23(24(33)30-2)32-21(20-4-3-5-22(26)31-20)15-10-17-8-13-19(14-9-17)25(27,28)29/h3-9,11-14,21,23,32H,10,15H2,1-2H3,(H,30,33)/t21?,23-/m1/s1. The summed E-state index contributed by atoms with van der Waals surface area (Å²) in [6.45, 7) is 1.97. The third-order valence-corrected chi connectivity index (χ3v) is 5.59. The van der Waals surface area contributed by atoms with Crippen molar-refractivity contribution in [2.75, 3.05) is 7.05 Å². The number of hydrogen-bond acceptors (Lipinski definition) is 3. The molecule has 2 atom stereocenters. The Balaban J connectivity index is 1.85. The fourth-order valence-electron chi connectivity index (χ4n) is 3.53. The Morgan fingerprint density at radius 2 is 1.70 bits per heavy atom. The van der Waals surface area contributed by atoms with Gasteiger partial charge in [-0.2, -0.15) is 13.2 Å². The van der Waals surface area contributed by atoms with Crippen molar-refractivity contribution in [1.29, 1.82) is 0 Å². The molecule has 0 aliphatic heterocycles. The van der Waals surface area contributed by atoms with Gasteiger partial charge in [0.25, 0.3) is 0 Å². The van der Waals surface area contributed by atoms with E-state index in [1.165, 1.54) is 12.1 Å². The molecule has 3 rings (SSSR count). The van der Waals surface area contributed by atoms with Crippen LogP contribution in [0.15, 0.2) is 66.7 Å². The van der Waals surface area contributed by atoms with Crippen molar-refractivity contribution < 1.29 is 18.0 Å². The summed E-state index contributed by atoms with van der Waals surface area (Å²) in [5, 5.41) is 6.38. The average molecular weight is 476 g/mol. The van der Waals surface area contributed by atoms with E-state index in [9.17, 15) is 18.0 Å². The number of aryl methyl sites for hydroxylation is 2. The third-order valence-electron chi connectivity index (χ3n) is 5.38. The molecule has 33 heavy (non-hydrogen) atoms. The van der Waals surface area contributed by atoms with E-state index in [0.717, 1.165) is 28.8 Å². The predicted molar refractivity (Wildman–Crippen MR) is 123 cm³/mol. The number of carbonyl (C=O) groups excluding carboxylic acids is 1. The minimum atomic E-state index is -4.37. The first kappa shape index (κ1) is 24.7. The molecule has 3 aromatic rings. The zero-order chi connectivity index (χ0) is 24.0. The van der Waals surface area contributed by atoms with Gasteiger partial charge in [-0.25, -0.2) is 4.98 Å². The van der Waals surface area contributed by atoms with Gasteiger partial charge in [0, 0.05) is 7.05 Å². The first-order valence-electron chi connectivity index (χ1n) is 10.5. The summed E-state index contributed by atoms with van der Waals surface area (Å²) in [4.78, 5) is 17.1. The zero-order valence-electron chi connectivity index (χ0n) is 18.3. The van der Waals surface area contributed by atoms with E-state index < -0.39 is 17.8 Å². The number of pyridine rings is 1. The highest BCUT2D eigenvalue weighted by Gasteiger charge is 2.30. The second-order valence-corrected chi connectivity index (χ2v) is 8.18. The minimum absolute atomic E-state index is 0.208. The maximum atomic E-state index is 12.9. The lowest BCUT2D eigenvalue weighted by Crippen LogP contribution is -2.38. The zero-order valence-corrected chi connectivity index (χ0v) is 19.0. The van der Waals surface area contributed by atoms with Gasteiger partial charge in [0.15, 0.2) is 0 Å². The summed E-state index contributed by atoms with van der Waals surface area (Å²) in [5.74, 6) is -0.208. The molecule has 0 saturated heterocycles. The van der Waals surface area contributed by atoms with Crippen LogP contribution in [0.4, 0.5) is 13.2 Å². The number of nitrogens with zero attached hydrogens (tertiary/aromatic N) is 1. The molecule has 0 aliphatic carbocycles. The molecular formula is C25H25ClF3N3O. The molecule has 0 aliphatic rings. The first-order chi connectivity index (χ1) is 15.7. The Morgan fingerprint density at radius 3 is 2.27 bits per heavy atom. The van der Waals surface area contributed by atoms with Crippen molar-refractivity contribution in [3.63, 3.8) is 0 Å². The van der Waals surface area contributed by atoms with Crippen LogP contribution in [0, 0.1) is 6.92 Å². The molecule has 8 heteroatoms. The second-order valence-electron chi connectivity index (χ2n) is 7.80. The Kier molecular flexibility index (Phi) is 8.10. The van der Waals surface area contributed by atoms with Crippen LogP contribution < -0.4 is 10.6 Å². The molecule has 0 spiro atoms. The van der Waals surface area contributed by atoms with Gasteiger partial charge in [0.05, 0.1) is 17.3 Å². The van der Waals surface area contributed by atoms with Crippen LogP contribution in [0.3, 0.4) is 0 Å². The van der Waals surface area contributed by atoms with E-state index in [1.807, 2.05) is 37.3 Å². The Labute approximate surface area is 196 Å². The van der Waals surface area contributed by atoms with Crippen LogP contribution in [0.1, 0.15) is 46.5 Å². The van der Waals surface area contributed by atoms with Gasteiger partial charge in [-0.15, -0.1) is 0 Å². The summed E-state index contributed by atoms with van der Waals surface area (Å²) in [6.07, 6.45) is -3.39. The van der Waals surface area contributed by atoms with Crippen molar-refractivity contribution in [3.05, 3.63) is 99.8 Å². The number of rotatable bonds is 8. The van der Waals surface area contributed by atoms with Crippen molar-refractivity contribution >= 4 is 17.5 Å². The van der Waals surface area contributed by atoms with Crippen molar-refractivity contribution in [3.8, 4) is 0 Å². The molecular weight excluding hydrogens is 451 g/mol. The minimum Gasteiger partial charge on any atom is -0.358 e. The maximum absolute atomic E-state index is 12.9. The molecule has 0 bridgehead atoms. The van der Waals surface area contributed by atoms with Crippen LogP contribution in [-0.2, 0) is 17.4 Å². The lowest BCUT2D eigenvalue weighted by Gasteiger charge is -2.25. The smallest absolute Gasteiger partial charge is 0.358 e.